The first-order chi connectivity index (χ1) is 17.5. The molecule has 0 atom stereocenters. The summed E-state index contributed by atoms with van der Waals surface area (Å²) < 4.78 is 40.0. The Morgan fingerprint density at radius 1 is 0.556 bits per heavy atom. The number of hydrogen-bond acceptors (Lipinski definition) is 8. The van der Waals surface area contributed by atoms with Gasteiger partial charge in [-0.2, -0.15) is 0 Å². The summed E-state index contributed by atoms with van der Waals surface area (Å²) in [7, 11) is 11.4. The van der Waals surface area contributed by atoms with Gasteiger partial charge in [0, 0.05) is 30.8 Å². The van der Waals surface area contributed by atoms with Gasteiger partial charge in [-0.05, 0) is 41.0 Å². The van der Waals surface area contributed by atoms with E-state index in [4.69, 9.17) is 33.2 Å². The summed E-state index contributed by atoms with van der Waals surface area (Å²) in [5.41, 5.74) is 4.95. The second-order valence-corrected chi connectivity index (χ2v) is 8.35. The van der Waals surface area contributed by atoms with E-state index >= 15 is 0 Å². The van der Waals surface area contributed by atoms with Gasteiger partial charge in [-0.15, -0.1) is 0 Å². The minimum atomic E-state index is 0.519. The highest BCUT2D eigenvalue weighted by Crippen LogP contribution is 2.55. The van der Waals surface area contributed by atoms with Crippen molar-refractivity contribution in [1.29, 1.82) is 0 Å². The van der Waals surface area contributed by atoms with Gasteiger partial charge in [0.2, 0.25) is 11.5 Å². The highest BCUT2D eigenvalue weighted by atomic mass is 16.5. The maximum absolute atomic E-state index is 5.93. The van der Waals surface area contributed by atoms with Crippen molar-refractivity contribution in [1.82, 2.24) is 4.90 Å². The first-order valence-corrected chi connectivity index (χ1v) is 11.5. The van der Waals surface area contributed by atoms with Crippen molar-refractivity contribution in [2.24, 2.45) is 0 Å². The topological polar surface area (TPSA) is 67.9 Å². The van der Waals surface area contributed by atoms with E-state index in [1.807, 2.05) is 24.3 Å². The van der Waals surface area contributed by atoms with E-state index in [1.165, 1.54) is 5.56 Å². The fourth-order valence-corrected chi connectivity index (χ4v) is 4.85. The molecular weight excluding hydrogens is 462 g/mol. The van der Waals surface area contributed by atoms with Crippen molar-refractivity contribution in [3.63, 3.8) is 0 Å². The zero-order chi connectivity index (χ0) is 25.8. The van der Waals surface area contributed by atoms with E-state index in [0.717, 1.165) is 34.5 Å². The van der Waals surface area contributed by atoms with Crippen molar-refractivity contribution in [2.75, 3.05) is 49.8 Å². The second-order valence-electron chi connectivity index (χ2n) is 8.35. The maximum atomic E-state index is 5.93. The quantitative estimate of drug-likeness (QED) is 0.414. The van der Waals surface area contributed by atoms with Crippen LogP contribution in [0.5, 0.6) is 40.2 Å². The summed E-state index contributed by atoms with van der Waals surface area (Å²) >= 11 is 0. The first kappa shape index (κ1) is 25.3. The van der Waals surface area contributed by atoms with Gasteiger partial charge in [-0.3, -0.25) is 4.90 Å². The van der Waals surface area contributed by atoms with E-state index in [1.54, 1.807) is 49.8 Å². The van der Waals surface area contributed by atoms with Crippen LogP contribution in [0.15, 0.2) is 36.4 Å². The Morgan fingerprint density at radius 3 is 1.36 bits per heavy atom. The average molecular weight is 496 g/mol. The Kier molecular flexibility index (Phi) is 7.64. The normalized spacial score (nSPS) is 12.6. The van der Waals surface area contributed by atoms with E-state index in [-0.39, 0.29) is 0 Å². The van der Waals surface area contributed by atoms with Crippen LogP contribution in [0.1, 0.15) is 16.7 Å². The van der Waals surface area contributed by atoms with Crippen LogP contribution in [-0.2, 0) is 19.6 Å². The summed E-state index contributed by atoms with van der Waals surface area (Å²) in [6, 6.07) is 12.1. The Bertz CT molecular complexity index is 1150. The van der Waals surface area contributed by atoms with Crippen molar-refractivity contribution < 1.29 is 33.2 Å². The lowest BCUT2D eigenvalue weighted by molar-refractivity contribution is 0.248. The molecule has 1 aliphatic heterocycles. The molecule has 1 heterocycles. The summed E-state index contributed by atoms with van der Waals surface area (Å²) in [4.78, 5) is 2.35. The zero-order valence-electron chi connectivity index (χ0n) is 21.9. The molecule has 3 aromatic carbocycles. The third-order valence-corrected chi connectivity index (χ3v) is 6.43. The lowest BCUT2D eigenvalue weighted by Crippen LogP contribution is -2.21. The fourth-order valence-electron chi connectivity index (χ4n) is 4.85. The van der Waals surface area contributed by atoms with Gasteiger partial charge in [-0.1, -0.05) is 12.1 Å². The molecule has 0 N–H and O–H groups in total. The Morgan fingerprint density at radius 2 is 1.00 bits per heavy atom. The zero-order valence-corrected chi connectivity index (χ0v) is 21.9. The highest BCUT2D eigenvalue weighted by molar-refractivity contribution is 5.88. The summed E-state index contributed by atoms with van der Waals surface area (Å²) in [6.07, 6.45) is 0. The SMILES string of the molecule is COc1ccc(CN2Cc3cc(OC)c(OC)c(OC)c3-c3c(cc(OC)c(OC)c3OC)C2)cc1. The lowest BCUT2D eigenvalue weighted by atomic mass is 9.93. The van der Waals surface area contributed by atoms with Crippen LogP contribution in [0.25, 0.3) is 11.1 Å². The standard InChI is InChI=1S/C28H33NO7/c1-30-20-10-8-17(9-11-20)14-29-15-18-12-21(31-2)25(33-4)27(35-6)23(18)24-19(16-29)13-22(32-3)26(34-5)28(24)36-7/h8-13H,14-16H2,1-7H3. The fraction of sp³-hybridized carbons (Fsp3) is 0.357. The third kappa shape index (κ3) is 4.44. The van der Waals surface area contributed by atoms with Gasteiger partial charge in [0.15, 0.2) is 23.0 Å². The van der Waals surface area contributed by atoms with Gasteiger partial charge in [-0.25, -0.2) is 0 Å². The maximum Gasteiger partial charge on any atom is 0.203 e. The number of nitrogens with zero attached hydrogens (tertiary/aromatic N) is 1. The summed E-state index contributed by atoms with van der Waals surface area (Å²) in [5.74, 6) is 4.21. The monoisotopic (exact) mass is 495 g/mol. The van der Waals surface area contributed by atoms with Crippen LogP contribution < -0.4 is 33.2 Å². The van der Waals surface area contributed by atoms with Crippen LogP contribution in [-0.4, -0.2) is 54.7 Å². The van der Waals surface area contributed by atoms with Gasteiger partial charge < -0.3 is 33.2 Å². The lowest BCUT2D eigenvalue weighted by Gasteiger charge is -2.22. The van der Waals surface area contributed by atoms with Crippen molar-refractivity contribution in [3.05, 3.63) is 53.1 Å². The van der Waals surface area contributed by atoms with Crippen molar-refractivity contribution >= 4 is 0 Å². The number of ether oxygens (including phenoxy) is 7. The van der Waals surface area contributed by atoms with Crippen molar-refractivity contribution in [2.45, 2.75) is 19.6 Å². The molecule has 0 aromatic heterocycles. The predicted molar refractivity (Wildman–Crippen MR) is 137 cm³/mol. The molecule has 0 spiro atoms. The molecule has 8 heteroatoms. The molecule has 3 aromatic rings. The van der Waals surface area contributed by atoms with Crippen LogP contribution in [0.3, 0.4) is 0 Å². The van der Waals surface area contributed by atoms with E-state index in [2.05, 4.69) is 17.0 Å². The van der Waals surface area contributed by atoms with Crippen LogP contribution in [0.4, 0.5) is 0 Å². The Labute approximate surface area is 212 Å². The van der Waals surface area contributed by atoms with E-state index < -0.39 is 0 Å². The molecule has 0 bridgehead atoms. The van der Waals surface area contributed by atoms with Gasteiger partial charge in [0.25, 0.3) is 0 Å². The minimum absolute atomic E-state index is 0.519. The van der Waals surface area contributed by atoms with E-state index in [0.29, 0.717) is 47.6 Å². The van der Waals surface area contributed by atoms with E-state index in [9.17, 15) is 0 Å². The molecule has 4 rings (SSSR count). The minimum Gasteiger partial charge on any atom is -0.497 e. The molecular formula is C28H33NO7. The number of fused-ring (bicyclic) bond motifs is 3. The molecule has 0 radical (unpaired) electrons. The molecule has 0 saturated heterocycles. The molecule has 36 heavy (non-hydrogen) atoms. The molecule has 192 valence electrons. The second kappa shape index (κ2) is 10.9. The molecule has 0 fully saturated rings. The first-order valence-electron chi connectivity index (χ1n) is 11.5. The molecule has 0 aliphatic carbocycles. The molecule has 0 saturated carbocycles. The summed E-state index contributed by atoms with van der Waals surface area (Å²) in [6.45, 7) is 2.00. The van der Waals surface area contributed by atoms with Gasteiger partial charge in [0.1, 0.15) is 5.75 Å². The number of rotatable bonds is 9. The largest absolute Gasteiger partial charge is 0.497 e. The predicted octanol–water partition coefficient (Wildman–Crippen LogP) is 4.93. The molecule has 0 unspecified atom stereocenters. The van der Waals surface area contributed by atoms with Gasteiger partial charge >= 0.3 is 0 Å². The number of methoxy groups -OCH3 is 7. The van der Waals surface area contributed by atoms with Crippen molar-refractivity contribution in [3.8, 4) is 51.4 Å². The summed E-state index contributed by atoms with van der Waals surface area (Å²) in [5, 5.41) is 0. The average Bonchev–Trinajstić information content (AvgIpc) is 3.06. The highest BCUT2D eigenvalue weighted by Gasteiger charge is 2.32. The van der Waals surface area contributed by atoms with Crippen LogP contribution >= 0.6 is 0 Å². The molecule has 8 nitrogen and oxygen atoms in total. The number of hydrogen-bond donors (Lipinski definition) is 0. The Balaban J connectivity index is 1.97. The molecule has 0 amide bonds. The van der Waals surface area contributed by atoms with Crippen LogP contribution in [0, 0.1) is 0 Å². The Hall–Kier alpha value is -3.78. The third-order valence-electron chi connectivity index (χ3n) is 6.43. The van der Waals surface area contributed by atoms with Gasteiger partial charge in [0.05, 0.1) is 49.8 Å². The molecule has 1 aliphatic rings. The number of benzene rings is 3. The smallest absolute Gasteiger partial charge is 0.203 e. The van der Waals surface area contributed by atoms with Crippen LogP contribution in [0.2, 0.25) is 0 Å².